The van der Waals surface area contributed by atoms with Gasteiger partial charge in [0.1, 0.15) is 12.4 Å². The maximum atomic E-state index is 12.3. The Kier molecular flexibility index (Phi) is 6.35. The van der Waals surface area contributed by atoms with Crippen LogP contribution in [0.3, 0.4) is 0 Å². The Morgan fingerprint density at radius 1 is 1.07 bits per heavy atom. The minimum Gasteiger partial charge on any atom is -0.496 e. The molecule has 1 atom stereocenters. The molecule has 2 fully saturated rings. The molecule has 28 heavy (non-hydrogen) atoms. The Hall–Kier alpha value is -1.99. The first-order chi connectivity index (χ1) is 13.4. The monoisotopic (exact) mass is 392 g/mol. The minimum absolute atomic E-state index is 0.0137. The number of ether oxygens (including phenoxy) is 4. The predicted molar refractivity (Wildman–Crippen MR) is 106 cm³/mol. The number of benzene rings is 1. The van der Waals surface area contributed by atoms with Crippen LogP contribution in [0.4, 0.5) is 0 Å². The molecule has 2 aliphatic heterocycles. The lowest BCUT2D eigenvalue weighted by molar-refractivity contribution is -0.135. The van der Waals surface area contributed by atoms with Gasteiger partial charge in [-0.1, -0.05) is 0 Å². The van der Waals surface area contributed by atoms with Gasteiger partial charge in [-0.15, -0.1) is 0 Å². The Morgan fingerprint density at radius 3 is 2.39 bits per heavy atom. The van der Waals surface area contributed by atoms with E-state index in [1.807, 2.05) is 17.0 Å². The SMILES string of the molecule is COc1cc(OC)c(OC)cc1CN1CCC2(COCC(=O)N(C(C)C)C2)C1. The van der Waals surface area contributed by atoms with Crippen LogP contribution in [0.15, 0.2) is 12.1 Å². The van der Waals surface area contributed by atoms with Crippen molar-refractivity contribution in [3.63, 3.8) is 0 Å². The average Bonchev–Trinajstić information content (AvgIpc) is 2.99. The van der Waals surface area contributed by atoms with Gasteiger partial charge in [-0.05, 0) is 32.9 Å². The van der Waals surface area contributed by atoms with E-state index in [-0.39, 0.29) is 24.0 Å². The molecule has 156 valence electrons. The second-order valence-electron chi connectivity index (χ2n) is 8.09. The van der Waals surface area contributed by atoms with Crippen molar-refractivity contribution in [2.24, 2.45) is 5.41 Å². The standard InChI is InChI=1S/C21H32N2O5/c1-15(2)23-13-21(14-28-11-20(23)24)6-7-22(12-21)10-16-8-18(26-4)19(27-5)9-17(16)25-3/h8-9,15H,6-7,10-14H2,1-5H3. The van der Waals surface area contributed by atoms with Crippen molar-refractivity contribution in [3.8, 4) is 17.2 Å². The smallest absolute Gasteiger partial charge is 0.248 e. The summed E-state index contributed by atoms with van der Waals surface area (Å²) in [6.07, 6.45) is 1.01. The highest BCUT2D eigenvalue weighted by Crippen LogP contribution is 2.38. The third-order valence-electron chi connectivity index (χ3n) is 5.78. The first-order valence-electron chi connectivity index (χ1n) is 9.80. The molecule has 2 aliphatic rings. The number of hydrogen-bond acceptors (Lipinski definition) is 6. The molecule has 7 nitrogen and oxygen atoms in total. The van der Waals surface area contributed by atoms with Crippen molar-refractivity contribution < 1.29 is 23.7 Å². The molecule has 7 heteroatoms. The Bertz CT molecular complexity index is 708. The highest BCUT2D eigenvalue weighted by molar-refractivity contribution is 5.78. The number of likely N-dealkylation sites (tertiary alicyclic amines) is 1. The topological polar surface area (TPSA) is 60.5 Å². The maximum absolute atomic E-state index is 12.3. The van der Waals surface area contributed by atoms with Gasteiger partial charge in [-0.25, -0.2) is 0 Å². The van der Waals surface area contributed by atoms with E-state index in [0.717, 1.165) is 43.9 Å². The van der Waals surface area contributed by atoms with Gasteiger partial charge in [0.25, 0.3) is 0 Å². The maximum Gasteiger partial charge on any atom is 0.248 e. The number of carbonyl (C=O) groups is 1. The molecular formula is C21H32N2O5. The molecule has 0 aliphatic carbocycles. The summed E-state index contributed by atoms with van der Waals surface area (Å²) in [6, 6.07) is 4.04. The van der Waals surface area contributed by atoms with Crippen LogP contribution in [0.2, 0.25) is 0 Å². The van der Waals surface area contributed by atoms with Gasteiger partial charge in [0.15, 0.2) is 11.5 Å². The number of carbonyl (C=O) groups excluding carboxylic acids is 1. The van der Waals surface area contributed by atoms with Gasteiger partial charge in [0, 0.05) is 42.7 Å². The lowest BCUT2D eigenvalue weighted by Gasteiger charge is -2.34. The predicted octanol–water partition coefficient (Wildman–Crippen LogP) is 2.17. The Labute approximate surface area is 167 Å². The van der Waals surface area contributed by atoms with Crippen LogP contribution in [-0.4, -0.2) is 75.9 Å². The van der Waals surface area contributed by atoms with Crippen molar-refractivity contribution in [1.82, 2.24) is 9.80 Å². The summed E-state index contributed by atoms with van der Waals surface area (Å²) in [7, 11) is 4.93. The van der Waals surface area contributed by atoms with E-state index < -0.39 is 0 Å². The highest BCUT2D eigenvalue weighted by Gasteiger charge is 2.43. The molecule has 0 aromatic heterocycles. The summed E-state index contributed by atoms with van der Waals surface area (Å²) >= 11 is 0. The first-order valence-corrected chi connectivity index (χ1v) is 9.80. The van der Waals surface area contributed by atoms with Gasteiger partial charge in [-0.3, -0.25) is 9.69 Å². The summed E-state index contributed by atoms with van der Waals surface area (Å²) in [5.74, 6) is 2.23. The largest absolute Gasteiger partial charge is 0.496 e. The van der Waals surface area contributed by atoms with Crippen molar-refractivity contribution in [1.29, 1.82) is 0 Å². The van der Waals surface area contributed by atoms with E-state index in [1.54, 1.807) is 21.3 Å². The van der Waals surface area contributed by atoms with E-state index in [9.17, 15) is 4.79 Å². The summed E-state index contributed by atoms with van der Waals surface area (Å²) in [4.78, 5) is 16.7. The number of rotatable bonds is 6. The van der Waals surface area contributed by atoms with Crippen molar-refractivity contribution in [2.75, 3.05) is 54.2 Å². The van der Waals surface area contributed by atoms with Crippen LogP contribution in [0.5, 0.6) is 17.2 Å². The van der Waals surface area contributed by atoms with Gasteiger partial charge < -0.3 is 23.8 Å². The van der Waals surface area contributed by atoms with E-state index >= 15 is 0 Å². The average molecular weight is 392 g/mol. The molecule has 1 aromatic carbocycles. The molecule has 1 aromatic rings. The molecule has 1 unspecified atom stereocenters. The molecule has 2 saturated heterocycles. The summed E-state index contributed by atoms with van der Waals surface area (Å²) in [5.41, 5.74) is 1.05. The van der Waals surface area contributed by atoms with Crippen LogP contribution in [0.1, 0.15) is 25.8 Å². The van der Waals surface area contributed by atoms with E-state index in [4.69, 9.17) is 18.9 Å². The molecule has 3 rings (SSSR count). The molecule has 1 spiro atoms. The highest BCUT2D eigenvalue weighted by atomic mass is 16.5. The van der Waals surface area contributed by atoms with Crippen LogP contribution >= 0.6 is 0 Å². The van der Waals surface area contributed by atoms with Crippen LogP contribution in [0.25, 0.3) is 0 Å². The Balaban J connectivity index is 1.76. The van der Waals surface area contributed by atoms with Crippen molar-refractivity contribution >= 4 is 5.91 Å². The molecule has 2 heterocycles. The summed E-state index contributed by atoms with van der Waals surface area (Å²) < 4.78 is 22.2. The van der Waals surface area contributed by atoms with Crippen LogP contribution < -0.4 is 14.2 Å². The molecule has 1 amide bonds. The second kappa shape index (κ2) is 8.57. The summed E-state index contributed by atoms with van der Waals surface area (Å²) in [6.45, 7) is 8.30. The fourth-order valence-electron chi connectivity index (χ4n) is 4.27. The van der Waals surface area contributed by atoms with Crippen molar-refractivity contribution in [3.05, 3.63) is 17.7 Å². The first kappa shape index (κ1) is 20.7. The number of nitrogens with zero attached hydrogens (tertiary/aromatic N) is 2. The number of amides is 1. The lowest BCUT2D eigenvalue weighted by atomic mass is 9.87. The van der Waals surface area contributed by atoms with Crippen LogP contribution in [0, 0.1) is 5.41 Å². The zero-order valence-corrected chi connectivity index (χ0v) is 17.6. The molecule has 0 saturated carbocycles. The summed E-state index contributed by atoms with van der Waals surface area (Å²) in [5, 5.41) is 0. The van der Waals surface area contributed by atoms with Gasteiger partial charge in [0.05, 0.1) is 27.9 Å². The second-order valence-corrected chi connectivity index (χ2v) is 8.09. The molecule has 0 N–H and O–H groups in total. The zero-order chi connectivity index (χ0) is 20.3. The normalized spacial score (nSPS) is 23.4. The zero-order valence-electron chi connectivity index (χ0n) is 17.6. The van der Waals surface area contributed by atoms with E-state index in [2.05, 4.69) is 18.7 Å². The molecular weight excluding hydrogens is 360 g/mol. The fraction of sp³-hybridized carbons (Fsp3) is 0.667. The van der Waals surface area contributed by atoms with Gasteiger partial charge in [-0.2, -0.15) is 0 Å². The number of methoxy groups -OCH3 is 3. The third-order valence-corrected chi connectivity index (χ3v) is 5.78. The van der Waals surface area contributed by atoms with Crippen molar-refractivity contribution in [2.45, 2.75) is 32.9 Å². The fourth-order valence-corrected chi connectivity index (χ4v) is 4.27. The molecule has 0 radical (unpaired) electrons. The van der Waals surface area contributed by atoms with E-state index in [1.165, 1.54) is 0 Å². The number of hydrogen-bond donors (Lipinski definition) is 0. The minimum atomic E-state index is -0.0137. The third kappa shape index (κ3) is 4.20. The lowest BCUT2D eigenvalue weighted by Crippen LogP contribution is -2.45. The van der Waals surface area contributed by atoms with E-state index in [0.29, 0.717) is 18.1 Å². The Morgan fingerprint density at radius 2 is 1.75 bits per heavy atom. The molecule has 0 bridgehead atoms. The van der Waals surface area contributed by atoms with Crippen LogP contribution in [-0.2, 0) is 16.1 Å². The van der Waals surface area contributed by atoms with Gasteiger partial charge in [0.2, 0.25) is 5.91 Å². The van der Waals surface area contributed by atoms with Gasteiger partial charge >= 0.3 is 0 Å². The quantitative estimate of drug-likeness (QED) is 0.740.